The van der Waals surface area contributed by atoms with Crippen molar-refractivity contribution in [1.82, 2.24) is 9.97 Å². The van der Waals surface area contributed by atoms with E-state index in [-0.39, 0.29) is 17.5 Å². The first-order valence-corrected chi connectivity index (χ1v) is 4.73. The molecule has 1 aromatic heterocycles. The highest BCUT2D eigenvalue weighted by molar-refractivity contribution is 5.64. The summed E-state index contributed by atoms with van der Waals surface area (Å²) < 4.78 is 13.7. The number of nitrogen functional groups attached to an aromatic ring is 2. The van der Waals surface area contributed by atoms with Gasteiger partial charge in [-0.1, -0.05) is 29.8 Å². The third-order valence-corrected chi connectivity index (χ3v) is 2.22. The van der Waals surface area contributed by atoms with E-state index in [1.54, 1.807) is 12.1 Å². The van der Waals surface area contributed by atoms with Gasteiger partial charge in [0.2, 0.25) is 5.95 Å². The third-order valence-electron chi connectivity index (χ3n) is 2.22. The van der Waals surface area contributed by atoms with Crippen molar-refractivity contribution in [3.63, 3.8) is 0 Å². The molecule has 0 saturated heterocycles. The Labute approximate surface area is 92.1 Å². The molecule has 0 bridgehead atoms. The van der Waals surface area contributed by atoms with Gasteiger partial charge in [-0.05, 0) is 6.92 Å². The van der Waals surface area contributed by atoms with Crippen LogP contribution >= 0.6 is 0 Å². The van der Waals surface area contributed by atoms with Gasteiger partial charge in [0.1, 0.15) is 5.69 Å². The fraction of sp³-hybridized carbons (Fsp3) is 0.0909. The van der Waals surface area contributed by atoms with E-state index in [1.807, 2.05) is 19.1 Å². The lowest BCUT2D eigenvalue weighted by Gasteiger charge is -2.05. The fourth-order valence-corrected chi connectivity index (χ4v) is 1.39. The molecule has 4 nitrogen and oxygen atoms in total. The van der Waals surface area contributed by atoms with Crippen molar-refractivity contribution in [2.75, 3.05) is 11.5 Å². The van der Waals surface area contributed by atoms with Gasteiger partial charge < -0.3 is 11.5 Å². The van der Waals surface area contributed by atoms with Crippen LogP contribution in [0.2, 0.25) is 0 Å². The summed E-state index contributed by atoms with van der Waals surface area (Å²) in [5, 5.41) is 0. The lowest BCUT2D eigenvalue weighted by Crippen LogP contribution is -2.05. The Balaban J connectivity index is 2.59. The van der Waals surface area contributed by atoms with Gasteiger partial charge in [0.25, 0.3) is 0 Å². The molecule has 4 N–H and O–H groups in total. The Morgan fingerprint density at radius 3 is 2.31 bits per heavy atom. The van der Waals surface area contributed by atoms with Gasteiger partial charge >= 0.3 is 0 Å². The normalized spacial score (nSPS) is 10.4. The van der Waals surface area contributed by atoms with E-state index in [0.717, 1.165) is 5.56 Å². The molecule has 1 heterocycles. The molecule has 0 spiro atoms. The molecule has 82 valence electrons. The van der Waals surface area contributed by atoms with Crippen molar-refractivity contribution in [2.45, 2.75) is 6.92 Å². The van der Waals surface area contributed by atoms with Gasteiger partial charge in [-0.15, -0.1) is 0 Å². The van der Waals surface area contributed by atoms with Crippen LogP contribution in [0.25, 0.3) is 11.3 Å². The summed E-state index contributed by atoms with van der Waals surface area (Å²) >= 11 is 0. The molecule has 0 aliphatic heterocycles. The molecule has 0 atom stereocenters. The van der Waals surface area contributed by atoms with E-state index in [0.29, 0.717) is 5.56 Å². The number of benzene rings is 1. The van der Waals surface area contributed by atoms with E-state index in [1.165, 1.54) is 0 Å². The molecule has 5 heteroatoms. The minimum absolute atomic E-state index is 0.0329. The van der Waals surface area contributed by atoms with E-state index in [2.05, 4.69) is 9.97 Å². The second-order valence-electron chi connectivity index (χ2n) is 3.50. The summed E-state index contributed by atoms with van der Waals surface area (Å²) in [7, 11) is 0. The molecule has 0 aliphatic rings. The van der Waals surface area contributed by atoms with Gasteiger partial charge in [0.05, 0.1) is 0 Å². The van der Waals surface area contributed by atoms with Crippen molar-refractivity contribution in [1.29, 1.82) is 0 Å². The minimum atomic E-state index is -0.641. The highest BCUT2D eigenvalue weighted by Gasteiger charge is 2.12. The van der Waals surface area contributed by atoms with Crippen LogP contribution in [0, 0.1) is 12.7 Å². The Morgan fingerprint density at radius 2 is 1.69 bits per heavy atom. The summed E-state index contributed by atoms with van der Waals surface area (Å²) in [5.41, 5.74) is 12.7. The fourth-order valence-electron chi connectivity index (χ4n) is 1.39. The van der Waals surface area contributed by atoms with Gasteiger partial charge in [0, 0.05) is 5.56 Å². The second-order valence-corrected chi connectivity index (χ2v) is 3.50. The van der Waals surface area contributed by atoms with Crippen molar-refractivity contribution in [3.05, 3.63) is 35.6 Å². The number of hydrogen-bond acceptors (Lipinski definition) is 4. The third kappa shape index (κ3) is 1.79. The highest BCUT2D eigenvalue weighted by Crippen LogP contribution is 2.24. The van der Waals surface area contributed by atoms with Crippen LogP contribution in [0.15, 0.2) is 24.3 Å². The largest absolute Gasteiger partial charge is 0.381 e. The standard InChI is InChI=1S/C11H11FN4/c1-6-2-4-7(5-3-6)9-8(12)10(13)16-11(14)15-9/h2-5H,1H3,(H4,13,14,15,16). The number of aryl methyl sites for hydroxylation is 1. The second kappa shape index (κ2) is 3.77. The van der Waals surface area contributed by atoms with Crippen LogP contribution in [-0.2, 0) is 0 Å². The predicted molar refractivity (Wildman–Crippen MR) is 61.0 cm³/mol. The number of nitrogens with zero attached hydrogens (tertiary/aromatic N) is 2. The quantitative estimate of drug-likeness (QED) is 0.764. The van der Waals surface area contributed by atoms with E-state index in [9.17, 15) is 4.39 Å². The first-order valence-electron chi connectivity index (χ1n) is 4.73. The van der Waals surface area contributed by atoms with Gasteiger partial charge in [-0.3, -0.25) is 0 Å². The Bertz CT molecular complexity index is 522. The minimum Gasteiger partial charge on any atom is -0.381 e. The maximum absolute atomic E-state index is 13.7. The average Bonchev–Trinajstić information content (AvgIpc) is 2.25. The van der Waals surface area contributed by atoms with Crippen LogP contribution in [0.4, 0.5) is 16.2 Å². The van der Waals surface area contributed by atoms with Gasteiger partial charge in [0.15, 0.2) is 11.6 Å². The van der Waals surface area contributed by atoms with Crippen LogP contribution in [-0.4, -0.2) is 9.97 Å². The summed E-state index contributed by atoms with van der Waals surface area (Å²) in [4.78, 5) is 7.39. The van der Waals surface area contributed by atoms with Crippen molar-refractivity contribution >= 4 is 11.8 Å². The molecule has 0 saturated carbocycles. The van der Waals surface area contributed by atoms with Gasteiger partial charge in [-0.25, -0.2) is 9.37 Å². The maximum atomic E-state index is 13.7. The Kier molecular flexibility index (Phi) is 2.44. The predicted octanol–water partition coefficient (Wildman–Crippen LogP) is 1.76. The highest BCUT2D eigenvalue weighted by atomic mass is 19.1. The zero-order chi connectivity index (χ0) is 11.7. The summed E-state index contributed by atoms with van der Waals surface area (Å²) in [6, 6.07) is 7.26. The number of halogens is 1. The Morgan fingerprint density at radius 1 is 1.06 bits per heavy atom. The zero-order valence-electron chi connectivity index (χ0n) is 8.74. The van der Waals surface area contributed by atoms with Crippen LogP contribution in [0.3, 0.4) is 0 Å². The number of aromatic nitrogens is 2. The molecule has 0 fully saturated rings. The topological polar surface area (TPSA) is 77.8 Å². The number of rotatable bonds is 1. The van der Waals surface area contributed by atoms with Gasteiger partial charge in [-0.2, -0.15) is 4.98 Å². The molecule has 1 aromatic carbocycles. The lowest BCUT2D eigenvalue weighted by atomic mass is 10.1. The molecule has 0 unspecified atom stereocenters. The first-order chi connectivity index (χ1) is 7.58. The zero-order valence-corrected chi connectivity index (χ0v) is 8.74. The molecule has 0 radical (unpaired) electrons. The number of hydrogen-bond donors (Lipinski definition) is 2. The SMILES string of the molecule is Cc1ccc(-c2nc(N)nc(N)c2F)cc1. The van der Waals surface area contributed by atoms with Crippen molar-refractivity contribution < 1.29 is 4.39 Å². The first kappa shape index (κ1) is 10.4. The number of anilines is 2. The van der Waals surface area contributed by atoms with Crippen molar-refractivity contribution in [2.24, 2.45) is 0 Å². The van der Waals surface area contributed by atoms with Crippen LogP contribution in [0.1, 0.15) is 5.56 Å². The number of nitrogens with two attached hydrogens (primary N) is 2. The molecule has 0 amide bonds. The monoisotopic (exact) mass is 218 g/mol. The van der Waals surface area contributed by atoms with E-state index in [4.69, 9.17) is 11.5 Å². The van der Waals surface area contributed by atoms with E-state index >= 15 is 0 Å². The van der Waals surface area contributed by atoms with Crippen molar-refractivity contribution in [3.8, 4) is 11.3 Å². The summed E-state index contributed by atoms with van der Waals surface area (Å²) in [6.07, 6.45) is 0. The van der Waals surface area contributed by atoms with Crippen LogP contribution in [0.5, 0.6) is 0 Å². The molecule has 16 heavy (non-hydrogen) atoms. The lowest BCUT2D eigenvalue weighted by molar-refractivity contribution is 0.625. The average molecular weight is 218 g/mol. The summed E-state index contributed by atoms with van der Waals surface area (Å²) in [5.74, 6) is -0.907. The molecular weight excluding hydrogens is 207 g/mol. The molecule has 0 aliphatic carbocycles. The molecule has 2 rings (SSSR count). The molecular formula is C11H11FN4. The van der Waals surface area contributed by atoms with Crippen LogP contribution < -0.4 is 11.5 Å². The Hall–Kier alpha value is -2.17. The van der Waals surface area contributed by atoms with E-state index < -0.39 is 5.82 Å². The summed E-state index contributed by atoms with van der Waals surface area (Å²) in [6.45, 7) is 1.95. The maximum Gasteiger partial charge on any atom is 0.222 e. The molecule has 2 aromatic rings. The smallest absolute Gasteiger partial charge is 0.222 e.